The van der Waals surface area contributed by atoms with Crippen LogP contribution in [0.3, 0.4) is 0 Å². The Labute approximate surface area is 214 Å². The zero-order valence-electron chi connectivity index (χ0n) is 20.3. The summed E-state index contributed by atoms with van der Waals surface area (Å²) in [6, 6.07) is 28.9. The first-order chi connectivity index (χ1) is 18.0. The lowest BCUT2D eigenvalue weighted by Gasteiger charge is -2.24. The molecule has 0 aliphatic heterocycles. The number of hydrogen-bond donors (Lipinski definition) is 3. The highest BCUT2D eigenvalue weighted by Gasteiger charge is 2.17. The maximum atomic E-state index is 13.8. The molecule has 0 radical (unpaired) electrons. The lowest BCUT2D eigenvalue weighted by Crippen LogP contribution is -2.42. The molecule has 0 spiro atoms. The van der Waals surface area contributed by atoms with Gasteiger partial charge in [-0.05, 0) is 67.6 Å². The van der Waals surface area contributed by atoms with Crippen molar-refractivity contribution in [3.8, 4) is 11.5 Å². The van der Waals surface area contributed by atoms with Crippen LogP contribution in [0.15, 0.2) is 103 Å². The molecule has 37 heavy (non-hydrogen) atoms. The van der Waals surface area contributed by atoms with Crippen molar-refractivity contribution in [1.29, 1.82) is 0 Å². The van der Waals surface area contributed by atoms with E-state index in [9.17, 15) is 14.0 Å². The van der Waals surface area contributed by atoms with Crippen molar-refractivity contribution in [3.05, 3.63) is 115 Å². The molecule has 0 aliphatic carbocycles. The van der Waals surface area contributed by atoms with Crippen molar-refractivity contribution >= 4 is 29.1 Å². The molecule has 0 aromatic heterocycles. The summed E-state index contributed by atoms with van der Waals surface area (Å²) < 4.78 is 19.7. The highest BCUT2D eigenvalue weighted by Crippen LogP contribution is 2.25. The Morgan fingerprint density at radius 2 is 1.43 bits per heavy atom. The third kappa shape index (κ3) is 7.32. The molecule has 0 fully saturated rings. The summed E-state index contributed by atoms with van der Waals surface area (Å²) in [6.07, 6.45) is 0. The van der Waals surface area contributed by atoms with Crippen LogP contribution in [0.2, 0.25) is 0 Å². The average Bonchev–Trinajstić information content (AvgIpc) is 2.90. The van der Waals surface area contributed by atoms with E-state index in [0.29, 0.717) is 22.9 Å². The second-order valence-corrected chi connectivity index (χ2v) is 8.22. The molecule has 188 valence electrons. The molecule has 0 heterocycles. The van der Waals surface area contributed by atoms with Gasteiger partial charge in [-0.15, -0.1) is 0 Å². The standard InChI is InChI=1S/C29H27FN4O3/c1-21-11-13-22(14-12-21)32-29(36)34(20-19-31-28(35)33-27-10-6-5-9-26(27)30)23-15-17-25(18-16-23)37-24-7-3-2-4-8-24/h2-18H,19-20H2,1H3,(H,32,36)(H2,31,33,35). The first kappa shape index (κ1) is 25.2. The van der Waals surface area contributed by atoms with Crippen LogP contribution in [0.5, 0.6) is 11.5 Å². The summed E-state index contributed by atoms with van der Waals surface area (Å²) in [5, 5.41) is 8.02. The van der Waals surface area contributed by atoms with Crippen LogP contribution in [0.1, 0.15) is 5.56 Å². The van der Waals surface area contributed by atoms with E-state index in [4.69, 9.17) is 4.74 Å². The Bertz CT molecular complexity index is 1330. The molecule has 0 atom stereocenters. The van der Waals surface area contributed by atoms with Gasteiger partial charge in [0.1, 0.15) is 17.3 Å². The van der Waals surface area contributed by atoms with Gasteiger partial charge in [-0.25, -0.2) is 14.0 Å². The molecule has 0 aliphatic rings. The SMILES string of the molecule is Cc1ccc(NC(=O)N(CCNC(=O)Nc2ccccc2F)c2ccc(Oc3ccccc3)cc2)cc1. The Balaban J connectivity index is 1.43. The molecule has 0 saturated carbocycles. The predicted molar refractivity (Wildman–Crippen MR) is 144 cm³/mol. The van der Waals surface area contributed by atoms with Crippen LogP contribution in [0, 0.1) is 12.7 Å². The number of nitrogens with zero attached hydrogens (tertiary/aromatic N) is 1. The fourth-order valence-electron chi connectivity index (χ4n) is 3.50. The normalized spacial score (nSPS) is 10.3. The van der Waals surface area contributed by atoms with Crippen LogP contribution in [-0.4, -0.2) is 25.2 Å². The van der Waals surface area contributed by atoms with Gasteiger partial charge in [0.25, 0.3) is 0 Å². The number of urea groups is 2. The third-order valence-electron chi connectivity index (χ3n) is 5.42. The van der Waals surface area contributed by atoms with Crippen LogP contribution in [-0.2, 0) is 0 Å². The van der Waals surface area contributed by atoms with Crippen LogP contribution in [0.25, 0.3) is 0 Å². The lowest BCUT2D eigenvalue weighted by molar-refractivity contribution is 0.250. The molecular weight excluding hydrogens is 471 g/mol. The van der Waals surface area contributed by atoms with Crippen molar-refractivity contribution in [2.75, 3.05) is 28.6 Å². The van der Waals surface area contributed by atoms with E-state index in [1.807, 2.05) is 61.5 Å². The number of aryl methyl sites for hydroxylation is 1. The Morgan fingerprint density at radius 1 is 0.784 bits per heavy atom. The van der Waals surface area contributed by atoms with E-state index in [0.717, 1.165) is 5.56 Å². The number of carbonyl (C=O) groups excluding carboxylic acids is 2. The molecule has 4 aromatic carbocycles. The maximum Gasteiger partial charge on any atom is 0.326 e. The zero-order chi connectivity index (χ0) is 26.0. The molecule has 4 rings (SSSR count). The molecule has 4 aromatic rings. The number of hydrogen-bond acceptors (Lipinski definition) is 3. The van der Waals surface area contributed by atoms with Gasteiger partial charge in [-0.1, -0.05) is 48.0 Å². The van der Waals surface area contributed by atoms with Crippen LogP contribution >= 0.6 is 0 Å². The molecular formula is C29H27FN4O3. The fourth-order valence-corrected chi connectivity index (χ4v) is 3.50. The highest BCUT2D eigenvalue weighted by atomic mass is 19.1. The number of nitrogens with one attached hydrogen (secondary N) is 3. The second-order valence-electron chi connectivity index (χ2n) is 8.22. The highest BCUT2D eigenvalue weighted by molar-refractivity contribution is 6.01. The Kier molecular flexibility index (Phi) is 8.33. The monoisotopic (exact) mass is 498 g/mol. The summed E-state index contributed by atoms with van der Waals surface area (Å²) in [5.41, 5.74) is 2.41. The summed E-state index contributed by atoms with van der Waals surface area (Å²) in [5.74, 6) is 0.792. The minimum atomic E-state index is -0.574. The topological polar surface area (TPSA) is 82.7 Å². The van der Waals surface area contributed by atoms with Gasteiger partial charge in [0.15, 0.2) is 0 Å². The van der Waals surface area contributed by atoms with E-state index in [1.54, 1.807) is 36.4 Å². The number of halogens is 1. The van der Waals surface area contributed by atoms with Gasteiger partial charge in [-0.2, -0.15) is 0 Å². The number of para-hydroxylation sites is 2. The Morgan fingerprint density at radius 3 is 2.14 bits per heavy atom. The minimum absolute atomic E-state index is 0.0722. The second kappa shape index (κ2) is 12.2. The molecule has 0 saturated heterocycles. The third-order valence-corrected chi connectivity index (χ3v) is 5.42. The van der Waals surface area contributed by atoms with Crippen molar-refractivity contribution in [2.45, 2.75) is 6.92 Å². The van der Waals surface area contributed by atoms with E-state index in [2.05, 4.69) is 16.0 Å². The molecule has 7 nitrogen and oxygen atoms in total. The van der Waals surface area contributed by atoms with E-state index in [-0.39, 0.29) is 24.8 Å². The van der Waals surface area contributed by atoms with Gasteiger partial charge in [-0.3, -0.25) is 4.90 Å². The smallest absolute Gasteiger partial charge is 0.326 e. The predicted octanol–water partition coefficient (Wildman–Crippen LogP) is 6.79. The van der Waals surface area contributed by atoms with Crippen LogP contribution < -0.4 is 25.6 Å². The van der Waals surface area contributed by atoms with Gasteiger partial charge >= 0.3 is 12.1 Å². The number of rotatable bonds is 8. The van der Waals surface area contributed by atoms with Crippen molar-refractivity contribution < 1.29 is 18.7 Å². The largest absolute Gasteiger partial charge is 0.457 e. The first-order valence-corrected chi connectivity index (χ1v) is 11.8. The van der Waals surface area contributed by atoms with E-state index < -0.39 is 11.8 Å². The molecule has 8 heteroatoms. The molecule has 4 amide bonds. The lowest BCUT2D eigenvalue weighted by atomic mass is 10.2. The summed E-state index contributed by atoms with van der Waals surface area (Å²) in [4.78, 5) is 27.0. The number of benzene rings is 4. The number of ether oxygens (including phenoxy) is 1. The Hall–Kier alpha value is -4.85. The zero-order valence-corrected chi connectivity index (χ0v) is 20.3. The van der Waals surface area contributed by atoms with Gasteiger partial charge in [0.2, 0.25) is 0 Å². The number of carbonyl (C=O) groups is 2. The summed E-state index contributed by atoms with van der Waals surface area (Å²) in [6.45, 7) is 2.26. The average molecular weight is 499 g/mol. The first-order valence-electron chi connectivity index (χ1n) is 11.8. The summed E-state index contributed by atoms with van der Waals surface area (Å²) in [7, 11) is 0. The van der Waals surface area contributed by atoms with E-state index in [1.165, 1.54) is 17.0 Å². The maximum absolute atomic E-state index is 13.8. The van der Waals surface area contributed by atoms with Gasteiger partial charge in [0.05, 0.1) is 5.69 Å². The number of anilines is 3. The van der Waals surface area contributed by atoms with Crippen LogP contribution in [0.4, 0.5) is 31.0 Å². The minimum Gasteiger partial charge on any atom is -0.457 e. The summed E-state index contributed by atoms with van der Waals surface area (Å²) >= 11 is 0. The van der Waals surface area contributed by atoms with Crippen molar-refractivity contribution in [1.82, 2.24) is 5.32 Å². The number of amides is 4. The van der Waals surface area contributed by atoms with E-state index >= 15 is 0 Å². The fraction of sp³-hybridized carbons (Fsp3) is 0.103. The van der Waals surface area contributed by atoms with Crippen molar-refractivity contribution in [3.63, 3.8) is 0 Å². The van der Waals surface area contributed by atoms with Gasteiger partial charge < -0.3 is 20.7 Å². The molecule has 0 unspecified atom stereocenters. The molecule has 0 bridgehead atoms. The van der Waals surface area contributed by atoms with Crippen molar-refractivity contribution in [2.24, 2.45) is 0 Å². The quantitative estimate of drug-likeness (QED) is 0.250. The van der Waals surface area contributed by atoms with Gasteiger partial charge in [0, 0.05) is 24.5 Å². The molecule has 3 N–H and O–H groups in total.